The molecule has 202 valence electrons. The molecule has 3 aromatic heterocycles. The van der Waals surface area contributed by atoms with Crippen LogP contribution in [0.3, 0.4) is 0 Å². The van der Waals surface area contributed by atoms with Crippen LogP contribution in [-0.4, -0.2) is 64.9 Å². The number of benzene rings is 1. The zero-order valence-electron chi connectivity index (χ0n) is 22.1. The Labute approximate surface area is 220 Å². The largest absolute Gasteiger partial charge is 0.494 e. The van der Waals surface area contributed by atoms with Crippen molar-refractivity contribution in [2.24, 2.45) is 0 Å². The standard InChI is InChI=1S/C24H29N7O6S/c1-13-11-25-22(26-12-13)21(36-7)16(4)38(32,33)30-24-28-27-23(19-14(2)15(3)37-29-19)31(24)20-17(34-5)9-8-10-18(20)35-6/h8-12,16,21H,1-7H3,(H,28,30)/t16-,21-/m0/s1. The molecule has 0 aliphatic rings. The number of sulfonamides is 1. The highest BCUT2D eigenvalue weighted by Crippen LogP contribution is 2.38. The zero-order valence-corrected chi connectivity index (χ0v) is 22.9. The summed E-state index contributed by atoms with van der Waals surface area (Å²) < 4.78 is 53.3. The highest BCUT2D eigenvalue weighted by molar-refractivity contribution is 7.93. The number of ether oxygens (including phenoxy) is 3. The number of methoxy groups -OCH3 is 3. The van der Waals surface area contributed by atoms with Crippen molar-refractivity contribution in [2.45, 2.75) is 39.0 Å². The van der Waals surface area contributed by atoms with Crippen LogP contribution in [0.15, 0.2) is 35.1 Å². The maximum Gasteiger partial charge on any atom is 0.243 e. The number of hydrogen-bond acceptors (Lipinski definition) is 11. The van der Waals surface area contributed by atoms with Gasteiger partial charge in [0, 0.05) is 25.1 Å². The number of hydrogen-bond donors (Lipinski definition) is 1. The van der Waals surface area contributed by atoms with Crippen LogP contribution in [0.2, 0.25) is 0 Å². The van der Waals surface area contributed by atoms with Crippen molar-refractivity contribution in [3.8, 4) is 28.7 Å². The molecule has 0 aliphatic heterocycles. The molecule has 0 fully saturated rings. The van der Waals surface area contributed by atoms with Crippen molar-refractivity contribution in [3.05, 3.63) is 53.3 Å². The summed E-state index contributed by atoms with van der Waals surface area (Å²) >= 11 is 0. The van der Waals surface area contributed by atoms with Crippen LogP contribution in [-0.2, 0) is 14.8 Å². The molecular weight excluding hydrogens is 514 g/mol. The highest BCUT2D eigenvalue weighted by atomic mass is 32.2. The Kier molecular flexibility index (Phi) is 7.64. The second-order valence-electron chi connectivity index (χ2n) is 8.53. The van der Waals surface area contributed by atoms with Crippen LogP contribution in [0.5, 0.6) is 11.5 Å². The van der Waals surface area contributed by atoms with E-state index in [9.17, 15) is 8.42 Å². The van der Waals surface area contributed by atoms with Gasteiger partial charge in [0.05, 0.1) is 14.2 Å². The molecule has 0 spiro atoms. The first-order valence-electron chi connectivity index (χ1n) is 11.6. The van der Waals surface area contributed by atoms with Gasteiger partial charge >= 0.3 is 0 Å². The molecule has 0 radical (unpaired) electrons. The van der Waals surface area contributed by atoms with Gasteiger partial charge in [-0.2, -0.15) is 0 Å². The number of anilines is 1. The fourth-order valence-electron chi connectivity index (χ4n) is 3.83. The van der Waals surface area contributed by atoms with E-state index in [0.29, 0.717) is 34.2 Å². The predicted molar refractivity (Wildman–Crippen MR) is 138 cm³/mol. The van der Waals surface area contributed by atoms with Crippen molar-refractivity contribution in [2.75, 3.05) is 26.1 Å². The van der Waals surface area contributed by atoms with Crippen LogP contribution in [0.25, 0.3) is 17.2 Å². The van der Waals surface area contributed by atoms with E-state index in [1.807, 2.05) is 13.8 Å². The highest BCUT2D eigenvalue weighted by Gasteiger charge is 2.35. The first-order valence-corrected chi connectivity index (χ1v) is 13.1. The molecule has 0 saturated carbocycles. The Bertz CT molecular complexity index is 1510. The van der Waals surface area contributed by atoms with Crippen molar-refractivity contribution in [1.82, 2.24) is 29.9 Å². The smallest absolute Gasteiger partial charge is 0.243 e. The lowest BCUT2D eigenvalue weighted by atomic mass is 10.2. The van der Waals surface area contributed by atoms with Crippen LogP contribution in [0.4, 0.5) is 5.95 Å². The van der Waals surface area contributed by atoms with Gasteiger partial charge < -0.3 is 18.7 Å². The summed E-state index contributed by atoms with van der Waals surface area (Å²) in [7, 11) is 0.250. The molecule has 4 aromatic rings. The van der Waals surface area contributed by atoms with Gasteiger partial charge in [0.15, 0.2) is 17.3 Å². The minimum Gasteiger partial charge on any atom is -0.494 e. The number of aromatic nitrogens is 6. The molecule has 4 rings (SSSR count). The first-order chi connectivity index (χ1) is 18.1. The molecular formula is C24H29N7O6S. The van der Waals surface area contributed by atoms with Crippen LogP contribution in [0, 0.1) is 20.8 Å². The molecule has 0 aliphatic carbocycles. The average molecular weight is 544 g/mol. The molecule has 0 saturated heterocycles. The van der Waals surface area contributed by atoms with Crippen molar-refractivity contribution in [1.29, 1.82) is 0 Å². The van der Waals surface area contributed by atoms with Gasteiger partial charge in [0.1, 0.15) is 34.3 Å². The van der Waals surface area contributed by atoms with Crippen molar-refractivity contribution < 1.29 is 27.2 Å². The van der Waals surface area contributed by atoms with E-state index in [-0.39, 0.29) is 17.6 Å². The summed E-state index contributed by atoms with van der Waals surface area (Å²) in [6.45, 7) is 6.91. The molecule has 2 atom stereocenters. The molecule has 38 heavy (non-hydrogen) atoms. The molecule has 13 nitrogen and oxygen atoms in total. The Balaban J connectivity index is 1.85. The molecule has 0 amide bonds. The maximum absolute atomic E-state index is 13.6. The number of aryl methyl sites for hydroxylation is 2. The molecule has 1 N–H and O–H groups in total. The quantitative estimate of drug-likeness (QED) is 0.313. The van der Waals surface area contributed by atoms with Gasteiger partial charge in [-0.1, -0.05) is 11.2 Å². The van der Waals surface area contributed by atoms with Crippen molar-refractivity contribution >= 4 is 16.0 Å². The minimum absolute atomic E-state index is 0.116. The number of nitrogens with one attached hydrogen (secondary N) is 1. The summed E-state index contributed by atoms with van der Waals surface area (Å²) in [5, 5.41) is 11.4. The van der Waals surface area contributed by atoms with E-state index in [2.05, 4.69) is 30.0 Å². The van der Waals surface area contributed by atoms with Gasteiger partial charge in [0.25, 0.3) is 0 Å². The van der Waals surface area contributed by atoms with Crippen LogP contribution >= 0.6 is 0 Å². The fraction of sp³-hybridized carbons (Fsp3) is 0.375. The third kappa shape index (κ3) is 4.91. The summed E-state index contributed by atoms with van der Waals surface area (Å²) in [5.74, 6) is 1.70. The number of para-hydroxylation sites is 1. The third-order valence-electron chi connectivity index (χ3n) is 6.12. The Morgan fingerprint density at radius 2 is 1.63 bits per heavy atom. The summed E-state index contributed by atoms with van der Waals surface area (Å²) in [6, 6.07) is 5.16. The zero-order chi connectivity index (χ0) is 27.6. The molecule has 14 heteroatoms. The maximum atomic E-state index is 13.6. The third-order valence-corrected chi connectivity index (χ3v) is 7.81. The van der Waals surface area contributed by atoms with E-state index in [1.54, 1.807) is 37.5 Å². The van der Waals surface area contributed by atoms with Gasteiger partial charge in [-0.15, -0.1) is 10.2 Å². The lowest BCUT2D eigenvalue weighted by molar-refractivity contribution is 0.0949. The van der Waals surface area contributed by atoms with E-state index in [0.717, 1.165) is 5.56 Å². The summed E-state index contributed by atoms with van der Waals surface area (Å²) in [4.78, 5) is 8.49. The van der Waals surface area contributed by atoms with E-state index >= 15 is 0 Å². The van der Waals surface area contributed by atoms with E-state index < -0.39 is 21.4 Å². The van der Waals surface area contributed by atoms with Crippen LogP contribution in [0.1, 0.15) is 35.7 Å². The minimum atomic E-state index is -4.13. The van der Waals surface area contributed by atoms with Gasteiger partial charge in [0.2, 0.25) is 16.0 Å². The Morgan fingerprint density at radius 3 is 2.16 bits per heavy atom. The average Bonchev–Trinajstić information content (AvgIpc) is 3.46. The second-order valence-corrected chi connectivity index (χ2v) is 10.6. The van der Waals surface area contributed by atoms with Crippen molar-refractivity contribution in [3.63, 3.8) is 0 Å². The van der Waals surface area contributed by atoms with Gasteiger partial charge in [-0.05, 0) is 45.4 Å². The molecule has 0 unspecified atom stereocenters. The Hall–Kier alpha value is -4.04. The molecule has 3 heterocycles. The summed E-state index contributed by atoms with van der Waals surface area (Å²) in [6.07, 6.45) is 2.24. The number of nitrogens with zero attached hydrogens (tertiary/aromatic N) is 6. The topological polar surface area (TPSA) is 156 Å². The normalized spacial score (nSPS) is 13.2. The molecule has 0 bridgehead atoms. The lowest BCUT2D eigenvalue weighted by Crippen LogP contribution is -2.33. The lowest BCUT2D eigenvalue weighted by Gasteiger charge is -2.22. The predicted octanol–water partition coefficient (Wildman–Crippen LogP) is 3.17. The number of rotatable bonds is 10. The van der Waals surface area contributed by atoms with Gasteiger partial charge in [-0.25, -0.2) is 18.4 Å². The summed E-state index contributed by atoms with van der Waals surface area (Å²) in [5.41, 5.74) is 2.30. The second kappa shape index (κ2) is 10.8. The SMILES string of the molecule is COc1cccc(OC)c1-n1c(NS(=O)(=O)[C@@H](C)[C@H](OC)c2ncc(C)cn2)nnc1-c1noc(C)c1C. The van der Waals surface area contributed by atoms with E-state index in [4.69, 9.17) is 18.7 Å². The van der Waals surface area contributed by atoms with Gasteiger partial charge in [-0.3, -0.25) is 9.29 Å². The molecule has 1 aromatic carbocycles. The van der Waals surface area contributed by atoms with Crippen LogP contribution < -0.4 is 14.2 Å². The van der Waals surface area contributed by atoms with E-state index in [1.165, 1.54) is 32.8 Å². The Morgan fingerprint density at radius 1 is 1.00 bits per heavy atom. The fourth-order valence-corrected chi connectivity index (χ4v) is 4.96. The first kappa shape index (κ1) is 27.0. The monoisotopic (exact) mass is 543 g/mol.